The standard InChI is InChI=1S/C23H25N5/c1-3-17-8-4-6-10-20(17)27-23-26-16(2)14-22(28-23)24-13-12-18-15-25-21-11-7-5-9-19(18)21/h4-11,14-15,25H,3,12-13H2,1-2H3,(H2,24,26,27,28). The number of para-hydroxylation sites is 2. The fourth-order valence-corrected chi connectivity index (χ4v) is 3.45. The molecule has 3 N–H and O–H groups in total. The molecule has 2 aromatic carbocycles. The molecule has 0 unspecified atom stereocenters. The van der Waals surface area contributed by atoms with Gasteiger partial charge in [0.1, 0.15) is 5.82 Å². The zero-order valence-electron chi connectivity index (χ0n) is 16.3. The highest BCUT2D eigenvalue weighted by Crippen LogP contribution is 2.21. The zero-order valence-corrected chi connectivity index (χ0v) is 16.3. The molecule has 4 rings (SSSR count). The van der Waals surface area contributed by atoms with Gasteiger partial charge < -0.3 is 15.6 Å². The maximum Gasteiger partial charge on any atom is 0.229 e. The number of aromatic amines is 1. The number of rotatable bonds is 7. The van der Waals surface area contributed by atoms with Gasteiger partial charge in [0.05, 0.1) is 0 Å². The number of hydrogen-bond donors (Lipinski definition) is 3. The number of aryl methyl sites for hydroxylation is 2. The molecule has 0 aliphatic carbocycles. The second-order valence-corrected chi connectivity index (χ2v) is 6.89. The van der Waals surface area contributed by atoms with Gasteiger partial charge in [0, 0.05) is 41.1 Å². The van der Waals surface area contributed by atoms with Gasteiger partial charge in [0.15, 0.2) is 0 Å². The molecule has 0 saturated heterocycles. The Morgan fingerprint density at radius 3 is 2.68 bits per heavy atom. The molecular weight excluding hydrogens is 346 g/mol. The van der Waals surface area contributed by atoms with E-state index >= 15 is 0 Å². The lowest BCUT2D eigenvalue weighted by Crippen LogP contribution is -2.09. The minimum atomic E-state index is 0.621. The van der Waals surface area contributed by atoms with Crippen LogP contribution in [0.1, 0.15) is 23.7 Å². The molecule has 0 amide bonds. The molecule has 0 radical (unpaired) electrons. The van der Waals surface area contributed by atoms with Crippen LogP contribution in [0.5, 0.6) is 0 Å². The lowest BCUT2D eigenvalue weighted by atomic mass is 10.1. The van der Waals surface area contributed by atoms with Crippen LogP contribution in [0.15, 0.2) is 60.8 Å². The fraction of sp³-hybridized carbons (Fsp3) is 0.217. The SMILES string of the molecule is CCc1ccccc1Nc1nc(C)cc(NCCc2c[nH]c3ccccc23)n1. The molecule has 0 fully saturated rings. The number of aromatic nitrogens is 3. The van der Waals surface area contributed by atoms with Crippen molar-refractivity contribution in [3.05, 3.63) is 77.6 Å². The van der Waals surface area contributed by atoms with Crippen molar-refractivity contribution in [1.29, 1.82) is 0 Å². The zero-order chi connectivity index (χ0) is 19.3. The molecule has 0 atom stereocenters. The summed E-state index contributed by atoms with van der Waals surface area (Å²) in [5.74, 6) is 1.46. The summed E-state index contributed by atoms with van der Waals surface area (Å²) in [4.78, 5) is 12.5. The summed E-state index contributed by atoms with van der Waals surface area (Å²) in [7, 11) is 0. The largest absolute Gasteiger partial charge is 0.370 e. The predicted octanol–water partition coefficient (Wildman–Crippen LogP) is 5.23. The van der Waals surface area contributed by atoms with Crippen molar-refractivity contribution in [3.8, 4) is 0 Å². The average molecular weight is 371 g/mol. The van der Waals surface area contributed by atoms with Crippen LogP contribution >= 0.6 is 0 Å². The van der Waals surface area contributed by atoms with Gasteiger partial charge in [-0.2, -0.15) is 4.98 Å². The molecule has 5 heteroatoms. The van der Waals surface area contributed by atoms with E-state index in [1.807, 2.05) is 19.1 Å². The molecule has 0 aliphatic rings. The molecule has 0 bridgehead atoms. The monoisotopic (exact) mass is 371 g/mol. The van der Waals surface area contributed by atoms with Gasteiger partial charge in [-0.15, -0.1) is 0 Å². The summed E-state index contributed by atoms with van der Waals surface area (Å²) in [6, 6.07) is 18.6. The van der Waals surface area contributed by atoms with Gasteiger partial charge in [-0.05, 0) is 43.0 Å². The normalized spacial score (nSPS) is 10.9. The number of anilines is 3. The topological polar surface area (TPSA) is 65.6 Å². The highest BCUT2D eigenvalue weighted by Gasteiger charge is 2.07. The number of hydrogen-bond acceptors (Lipinski definition) is 4. The maximum absolute atomic E-state index is 4.64. The Morgan fingerprint density at radius 1 is 0.964 bits per heavy atom. The van der Waals surface area contributed by atoms with E-state index in [1.165, 1.54) is 22.0 Å². The van der Waals surface area contributed by atoms with Crippen molar-refractivity contribution >= 4 is 28.4 Å². The molecule has 4 aromatic rings. The van der Waals surface area contributed by atoms with E-state index in [1.54, 1.807) is 0 Å². The molecule has 0 aliphatic heterocycles. The Bertz CT molecular complexity index is 1080. The van der Waals surface area contributed by atoms with Crippen LogP contribution in [0.2, 0.25) is 0 Å². The molecule has 0 spiro atoms. The summed E-state index contributed by atoms with van der Waals surface area (Å²) in [5.41, 5.74) is 5.73. The van der Waals surface area contributed by atoms with E-state index in [0.29, 0.717) is 5.95 Å². The fourth-order valence-electron chi connectivity index (χ4n) is 3.45. The Labute approximate surface area is 165 Å². The third kappa shape index (κ3) is 3.98. The van der Waals surface area contributed by atoms with Crippen LogP contribution in [-0.2, 0) is 12.8 Å². The minimum Gasteiger partial charge on any atom is -0.370 e. The van der Waals surface area contributed by atoms with Gasteiger partial charge in [-0.1, -0.05) is 43.3 Å². The van der Waals surface area contributed by atoms with E-state index in [-0.39, 0.29) is 0 Å². The minimum absolute atomic E-state index is 0.621. The Hall–Kier alpha value is -3.34. The third-order valence-electron chi connectivity index (χ3n) is 4.87. The molecular formula is C23H25N5. The van der Waals surface area contributed by atoms with Gasteiger partial charge >= 0.3 is 0 Å². The number of nitrogens with one attached hydrogen (secondary N) is 3. The summed E-state index contributed by atoms with van der Waals surface area (Å²) < 4.78 is 0. The Balaban J connectivity index is 1.45. The summed E-state index contributed by atoms with van der Waals surface area (Å²) in [5, 5.41) is 8.08. The van der Waals surface area contributed by atoms with E-state index in [2.05, 4.69) is 81.2 Å². The smallest absolute Gasteiger partial charge is 0.229 e. The third-order valence-corrected chi connectivity index (χ3v) is 4.87. The number of benzene rings is 2. The van der Waals surface area contributed by atoms with Gasteiger partial charge in [0.2, 0.25) is 5.95 Å². The van der Waals surface area contributed by atoms with E-state index in [4.69, 9.17) is 0 Å². The molecule has 5 nitrogen and oxygen atoms in total. The highest BCUT2D eigenvalue weighted by molar-refractivity contribution is 5.83. The lowest BCUT2D eigenvalue weighted by molar-refractivity contribution is 1.00. The van der Waals surface area contributed by atoms with E-state index in [9.17, 15) is 0 Å². The predicted molar refractivity (Wildman–Crippen MR) is 116 cm³/mol. The van der Waals surface area contributed by atoms with Crippen molar-refractivity contribution in [3.63, 3.8) is 0 Å². The van der Waals surface area contributed by atoms with Crippen LogP contribution in [-0.4, -0.2) is 21.5 Å². The van der Waals surface area contributed by atoms with Crippen molar-refractivity contribution in [1.82, 2.24) is 15.0 Å². The van der Waals surface area contributed by atoms with E-state index < -0.39 is 0 Å². The lowest BCUT2D eigenvalue weighted by Gasteiger charge is -2.12. The number of fused-ring (bicyclic) bond motifs is 1. The molecule has 0 saturated carbocycles. The molecule has 28 heavy (non-hydrogen) atoms. The van der Waals surface area contributed by atoms with Crippen LogP contribution < -0.4 is 10.6 Å². The summed E-state index contributed by atoms with van der Waals surface area (Å²) in [6.07, 6.45) is 3.98. The van der Waals surface area contributed by atoms with Crippen molar-refractivity contribution < 1.29 is 0 Å². The van der Waals surface area contributed by atoms with Crippen molar-refractivity contribution in [2.24, 2.45) is 0 Å². The average Bonchev–Trinajstić information content (AvgIpc) is 3.11. The number of H-pyrrole nitrogens is 1. The molecule has 2 aromatic heterocycles. The second-order valence-electron chi connectivity index (χ2n) is 6.89. The van der Waals surface area contributed by atoms with E-state index in [0.717, 1.165) is 36.6 Å². The van der Waals surface area contributed by atoms with Gasteiger partial charge in [-0.3, -0.25) is 0 Å². The van der Waals surface area contributed by atoms with Gasteiger partial charge in [0.25, 0.3) is 0 Å². The van der Waals surface area contributed by atoms with Crippen molar-refractivity contribution in [2.75, 3.05) is 17.2 Å². The highest BCUT2D eigenvalue weighted by atomic mass is 15.1. The Morgan fingerprint density at radius 2 is 1.79 bits per heavy atom. The Kier molecular flexibility index (Phi) is 5.24. The maximum atomic E-state index is 4.64. The van der Waals surface area contributed by atoms with Crippen LogP contribution in [0, 0.1) is 6.92 Å². The first-order valence-electron chi connectivity index (χ1n) is 9.72. The quantitative estimate of drug-likeness (QED) is 0.416. The van der Waals surface area contributed by atoms with Crippen molar-refractivity contribution in [2.45, 2.75) is 26.7 Å². The number of nitrogens with zero attached hydrogens (tertiary/aromatic N) is 2. The summed E-state index contributed by atoms with van der Waals surface area (Å²) >= 11 is 0. The van der Waals surface area contributed by atoms with Crippen LogP contribution in [0.25, 0.3) is 10.9 Å². The first kappa shape index (κ1) is 18.0. The van der Waals surface area contributed by atoms with Crippen LogP contribution in [0.4, 0.5) is 17.5 Å². The van der Waals surface area contributed by atoms with Crippen LogP contribution in [0.3, 0.4) is 0 Å². The first-order valence-corrected chi connectivity index (χ1v) is 9.72. The summed E-state index contributed by atoms with van der Waals surface area (Å²) in [6.45, 7) is 4.95. The second kappa shape index (κ2) is 8.13. The van der Waals surface area contributed by atoms with Gasteiger partial charge in [-0.25, -0.2) is 4.98 Å². The first-order chi connectivity index (χ1) is 13.7. The molecule has 2 heterocycles. The molecule has 142 valence electrons.